The highest BCUT2D eigenvalue weighted by atomic mass is 16.2. The van der Waals surface area contributed by atoms with Crippen molar-refractivity contribution in [3.05, 3.63) is 0 Å². The van der Waals surface area contributed by atoms with Crippen molar-refractivity contribution in [2.24, 2.45) is 11.8 Å². The number of nitrogens with two attached hydrogens (primary N) is 1. The van der Waals surface area contributed by atoms with Crippen LogP contribution in [0.3, 0.4) is 0 Å². The third kappa shape index (κ3) is 5.36. The molecule has 0 aromatic carbocycles. The van der Waals surface area contributed by atoms with Gasteiger partial charge in [-0.15, -0.1) is 0 Å². The summed E-state index contributed by atoms with van der Waals surface area (Å²) in [4.78, 5) is 13.7. The Morgan fingerprint density at radius 2 is 2.22 bits per heavy atom. The summed E-state index contributed by atoms with van der Waals surface area (Å²) in [6.45, 7) is 6.88. The molecule has 2 unspecified atom stereocenters. The number of hydrogen-bond acceptors (Lipinski definition) is 3. The maximum absolute atomic E-state index is 11.1. The predicted molar refractivity (Wildman–Crippen MR) is 74.8 cm³/mol. The molecule has 0 aliphatic carbocycles. The maximum atomic E-state index is 11.1. The van der Waals surface area contributed by atoms with E-state index in [2.05, 4.69) is 24.2 Å². The van der Waals surface area contributed by atoms with Crippen LogP contribution in [0.4, 0.5) is 0 Å². The first-order valence-corrected chi connectivity index (χ1v) is 7.40. The molecule has 18 heavy (non-hydrogen) atoms. The maximum Gasteiger partial charge on any atom is 0.233 e. The zero-order valence-corrected chi connectivity index (χ0v) is 12.0. The number of nitrogens with zero attached hydrogens (tertiary/aromatic N) is 1. The van der Waals surface area contributed by atoms with Gasteiger partial charge in [-0.05, 0) is 51.6 Å². The Balaban J connectivity index is 2.30. The fourth-order valence-electron chi connectivity index (χ4n) is 2.92. The second kappa shape index (κ2) is 8.48. The van der Waals surface area contributed by atoms with E-state index in [1.807, 2.05) is 0 Å². The first kappa shape index (κ1) is 15.4. The molecule has 1 saturated heterocycles. The van der Waals surface area contributed by atoms with Crippen molar-refractivity contribution >= 4 is 5.91 Å². The SMILES string of the molecule is CCCC1CCCN(C(C)CCC(=O)NN)CC1. The van der Waals surface area contributed by atoms with Gasteiger partial charge in [0.1, 0.15) is 0 Å². The van der Waals surface area contributed by atoms with Crippen molar-refractivity contribution in [3.8, 4) is 0 Å². The number of likely N-dealkylation sites (tertiary alicyclic amines) is 1. The molecule has 1 rings (SSSR count). The monoisotopic (exact) mass is 255 g/mol. The van der Waals surface area contributed by atoms with Gasteiger partial charge in [-0.1, -0.05) is 19.8 Å². The van der Waals surface area contributed by atoms with Crippen LogP contribution in [0.2, 0.25) is 0 Å². The highest BCUT2D eigenvalue weighted by molar-refractivity contribution is 5.75. The van der Waals surface area contributed by atoms with E-state index < -0.39 is 0 Å². The highest BCUT2D eigenvalue weighted by Crippen LogP contribution is 2.23. The molecule has 1 heterocycles. The van der Waals surface area contributed by atoms with Crippen molar-refractivity contribution in [1.82, 2.24) is 10.3 Å². The zero-order valence-electron chi connectivity index (χ0n) is 12.0. The molecule has 0 spiro atoms. The number of amides is 1. The summed E-state index contributed by atoms with van der Waals surface area (Å²) in [5, 5.41) is 0. The molecule has 3 N–H and O–H groups in total. The lowest BCUT2D eigenvalue weighted by Crippen LogP contribution is -2.36. The first-order chi connectivity index (χ1) is 8.67. The van der Waals surface area contributed by atoms with Crippen LogP contribution in [0.1, 0.15) is 58.8 Å². The lowest BCUT2D eigenvalue weighted by atomic mass is 9.96. The number of nitrogens with one attached hydrogen (secondary N) is 1. The smallest absolute Gasteiger partial charge is 0.233 e. The average Bonchev–Trinajstić information content (AvgIpc) is 2.61. The van der Waals surface area contributed by atoms with Gasteiger partial charge in [0.05, 0.1) is 0 Å². The number of rotatable bonds is 6. The average molecular weight is 255 g/mol. The molecule has 0 aromatic heterocycles. The van der Waals surface area contributed by atoms with Crippen LogP contribution in [-0.2, 0) is 4.79 Å². The Kier molecular flexibility index (Phi) is 7.28. The van der Waals surface area contributed by atoms with Crippen LogP contribution >= 0.6 is 0 Å². The van der Waals surface area contributed by atoms with E-state index >= 15 is 0 Å². The van der Waals surface area contributed by atoms with E-state index in [1.54, 1.807) is 0 Å². The second-order valence-corrected chi connectivity index (χ2v) is 5.58. The Labute approximate surface area is 111 Å². The third-order valence-corrected chi connectivity index (χ3v) is 4.15. The zero-order chi connectivity index (χ0) is 13.4. The summed E-state index contributed by atoms with van der Waals surface area (Å²) in [5.41, 5.74) is 2.20. The summed E-state index contributed by atoms with van der Waals surface area (Å²) in [6.07, 6.45) is 8.11. The second-order valence-electron chi connectivity index (χ2n) is 5.58. The minimum Gasteiger partial charge on any atom is -0.301 e. The van der Waals surface area contributed by atoms with Crippen molar-refractivity contribution < 1.29 is 4.79 Å². The third-order valence-electron chi connectivity index (χ3n) is 4.15. The summed E-state index contributed by atoms with van der Waals surface area (Å²) in [5.74, 6) is 5.96. The van der Waals surface area contributed by atoms with Crippen molar-refractivity contribution in [2.45, 2.75) is 64.8 Å². The minimum atomic E-state index is -0.0551. The Bertz CT molecular complexity index is 245. The first-order valence-electron chi connectivity index (χ1n) is 7.40. The number of hydrogen-bond donors (Lipinski definition) is 2. The lowest BCUT2D eigenvalue weighted by molar-refractivity contribution is -0.121. The molecular weight excluding hydrogens is 226 g/mol. The Hall–Kier alpha value is -0.610. The molecule has 0 saturated carbocycles. The Morgan fingerprint density at radius 1 is 1.44 bits per heavy atom. The standard InChI is InChI=1S/C14H29N3O/c1-3-5-13-6-4-10-17(11-9-13)12(2)7-8-14(18)16-15/h12-13H,3-11,15H2,1-2H3,(H,16,18). The van der Waals surface area contributed by atoms with Gasteiger partial charge in [0.15, 0.2) is 0 Å². The number of hydrazine groups is 1. The summed E-state index contributed by atoms with van der Waals surface area (Å²) < 4.78 is 0. The molecule has 0 aromatic rings. The van der Waals surface area contributed by atoms with E-state index in [0.29, 0.717) is 12.5 Å². The van der Waals surface area contributed by atoms with Gasteiger partial charge < -0.3 is 4.90 Å². The molecule has 1 aliphatic rings. The van der Waals surface area contributed by atoms with Gasteiger partial charge >= 0.3 is 0 Å². The molecule has 1 amide bonds. The number of carbonyl (C=O) groups excluding carboxylic acids is 1. The van der Waals surface area contributed by atoms with Crippen LogP contribution in [0.15, 0.2) is 0 Å². The molecule has 1 aliphatic heterocycles. The van der Waals surface area contributed by atoms with Gasteiger partial charge in [-0.25, -0.2) is 5.84 Å². The van der Waals surface area contributed by atoms with E-state index in [1.165, 1.54) is 45.2 Å². The van der Waals surface area contributed by atoms with Crippen LogP contribution in [-0.4, -0.2) is 29.9 Å². The molecule has 106 valence electrons. The fourth-order valence-corrected chi connectivity index (χ4v) is 2.92. The quantitative estimate of drug-likeness (QED) is 0.434. The number of carbonyl (C=O) groups is 1. The molecule has 0 radical (unpaired) electrons. The largest absolute Gasteiger partial charge is 0.301 e. The molecule has 0 bridgehead atoms. The normalized spacial score (nSPS) is 23.4. The Morgan fingerprint density at radius 3 is 2.89 bits per heavy atom. The summed E-state index contributed by atoms with van der Waals surface area (Å²) in [6, 6.07) is 0.489. The molecular formula is C14H29N3O. The van der Waals surface area contributed by atoms with Crippen LogP contribution < -0.4 is 11.3 Å². The van der Waals surface area contributed by atoms with Gasteiger partial charge in [0.2, 0.25) is 5.91 Å². The summed E-state index contributed by atoms with van der Waals surface area (Å²) >= 11 is 0. The topological polar surface area (TPSA) is 58.4 Å². The molecule has 1 fully saturated rings. The summed E-state index contributed by atoms with van der Waals surface area (Å²) in [7, 11) is 0. The van der Waals surface area contributed by atoms with Gasteiger partial charge in [-0.3, -0.25) is 10.2 Å². The van der Waals surface area contributed by atoms with Crippen molar-refractivity contribution in [1.29, 1.82) is 0 Å². The molecule has 2 atom stereocenters. The van der Waals surface area contributed by atoms with Gasteiger partial charge in [0.25, 0.3) is 0 Å². The van der Waals surface area contributed by atoms with E-state index in [0.717, 1.165) is 12.3 Å². The lowest BCUT2D eigenvalue weighted by Gasteiger charge is -2.27. The van der Waals surface area contributed by atoms with Crippen LogP contribution in [0.25, 0.3) is 0 Å². The predicted octanol–water partition coefficient (Wildman–Crippen LogP) is 2.05. The van der Waals surface area contributed by atoms with E-state index in [9.17, 15) is 4.79 Å². The van der Waals surface area contributed by atoms with Crippen LogP contribution in [0, 0.1) is 5.92 Å². The van der Waals surface area contributed by atoms with E-state index in [-0.39, 0.29) is 5.91 Å². The molecule has 4 nitrogen and oxygen atoms in total. The van der Waals surface area contributed by atoms with Gasteiger partial charge in [0, 0.05) is 12.5 Å². The molecule has 4 heteroatoms. The minimum absolute atomic E-state index is 0.0551. The van der Waals surface area contributed by atoms with Crippen molar-refractivity contribution in [3.63, 3.8) is 0 Å². The van der Waals surface area contributed by atoms with Crippen LogP contribution in [0.5, 0.6) is 0 Å². The fraction of sp³-hybridized carbons (Fsp3) is 0.929. The van der Waals surface area contributed by atoms with Crippen molar-refractivity contribution in [2.75, 3.05) is 13.1 Å². The highest BCUT2D eigenvalue weighted by Gasteiger charge is 2.20. The van der Waals surface area contributed by atoms with E-state index in [4.69, 9.17) is 5.84 Å². The van der Waals surface area contributed by atoms with Gasteiger partial charge in [-0.2, -0.15) is 0 Å².